The van der Waals surface area contributed by atoms with Crippen molar-refractivity contribution < 1.29 is 9.90 Å². The van der Waals surface area contributed by atoms with Crippen LogP contribution < -0.4 is 0 Å². The molecule has 1 aromatic carbocycles. The number of fused-ring (bicyclic) bond motifs is 1. The maximum absolute atomic E-state index is 11.0. The average Bonchev–Trinajstić information content (AvgIpc) is 2.26. The van der Waals surface area contributed by atoms with Crippen LogP contribution in [0.2, 0.25) is 0 Å². The molecule has 1 aromatic heterocycles. The van der Waals surface area contributed by atoms with E-state index in [-0.39, 0.29) is 11.0 Å². The largest absolute Gasteiger partial charge is 0.478 e. The van der Waals surface area contributed by atoms with Crippen molar-refractivity contribution in [2.45, 2.75) is 26.2 Å². The SMILES string of the molecule is CC(C)(C)c1cccc2ncc(C(=O)O)cc12. The molecule has 1 N–H and O–H groups in total. The molecule has 0 bridgehead atoms. The third-order valence-corrected chi connectivity index (χ3v) is 2.78. The number of benzene rings is 1. The van der Waals surface area contributed by atoms with Crippen molar-refractivity contribution in [1.82, 2.24) is 4.98 Å². The van der Waals surface area contributed by atoms with Crippen LogP contribution in [0.4, 0.5) is 0 Å². The van der Waals surface area contributed by atoms with E-state index in [4.69, 9.17) is 5.11 Å². The molecular formula is C14H15NO2. The number of pyridine rings is 1. The van der Waals surface area contributed by atoms with Gasteiger partial charge in [-0.25, -0.2) is 4.79 Å². The number of carbonyl (C=O) groups is 1. The molecule has 17 heavy (non-hydrogen) atoms. The van der Waals surface area contributed by atoms with Crippen LogP contribution in [0.3, 0.4) is 0 Å². The lowest BCUT2D eigenvalue weighted by Crippen LogP contribution is -2.12. The van der Waals surface area contributed by atoms with E-state index in [0.29, 0.717) is 0 Å². The Kier molecular flexibility index (Phi) is 2.62. The zero-order chi connectivity index (χ0) is 12.6. The molecule has 2 aromatic rings. The van der Waals surface area contributed by atoms with Crippen molar-refractivity contribution in [3.63, 3.8) is 0 Å². The molecule has 88 valence electrons. The van der Waals surface area contributed by atoms with E-state index in [1.165, 1.54) is 6.20 Å². The number of hydrogen-bond acceptors (Lipinski definition) is 2. The lowest BCUT2D eigenvalue weighted by molar-refractivity contribution is 0.0696. The van der Waals surface area contributed by atoms with Crippen LogP contribution in [-0.2, 0) is 5.41 Å². The number of aromatic carboxylic acids is 1. The summed E-state index contributed by atoms with van der Waals surface area (Å²) in [6, 6.07) is 7.58. The smallest absolute Gasteiger partial charge is 0.337 e. The monoisotopic (exact) mass is 229 g/mol. The first-order valence-corrected chi connectivity index (χ1v) is 5.52. The van der Waals surface area contributed by atoms with Gasteiger partial charge in [0.15, 0.2) is 0 Å². The van der Waals surface area contributed by atoms with Crippen LogP contribution in [0.1, 0.15) is 36.7 Å². The van der Waals surface area contributed by atoms with Crippen molar-refractivity contribution in [2.75, 3.05) is 0 Å². The maximum Gasteiger partial charge on any atom is 0.337 e. The fraction of sp³-hybridized carbons (Fsp3) is 0.286. The molecule has 0 aliphatic heterocycles. The molecule has 0 unspecified atom stereocenters. The number of carboxylic acid groups (broad SMARTS) is 1. The lowest BCUT2D eigenvalue weighted by atomic mass is 9.84. The second-order valence-corrected chi connectivity index (χ2v) is 5.15. The maximum atomic E-state index is 11.0. The van der Waals surface area contributed by atoms with E-state index in [9.17, 15) is 4.79 Å². The first kappa shape index (κ1) is 11.6. The summed E-state index contributed by atoms with van der Waals surface area (Å²) in [6.07, 6.45) is 1.40. The normalized spacial score (nSPS) is 11.7. The fourth-order valence-corrected chi connectivity index (χ4v) is 1.92. The van der Waals surface area contributed by atoms with Crippen LogP contribution in [0.5, 0.6) is 0 Å². The third-order valence-electron chi connectivity index (χ3n) is 2.78. The van der Waals surface area contributed by atoms with E-state index < -0.39 is 5.97 Å². The molecule has 0 saturated carbocycles. The summed E-state index contributed by atoms with van der Waals surface area (Å²) in [5.74, 6) is -0.942. The molecule has 3 heteroatoms. The van der Waals surface area contributed by atoms with Crippen molar-refractivity contribution in [1.29, 1.82) is 0 Å². The Morgan fingerprint density at radius 2 is 2.00 bits per heavy atom. The molecule has 3 nitrogen and oxygen atoms in total. The minimum absolute atomic E-state index is 0.0294. The Morgan fingerprint density at radius 1 is 1.29 bits per heavy atom. The van der Waals surface area contributed by atoms with Gasteiger partial charge in [-0.05, 0) is 23.1 Å². The summed E-state index contributed by atoms with van der Waals surface area (Å²) >= 11 is 0. The predicted octanol–water partition coefficient (Wildman–Crippen LogP) is 3.23. The van der Waals surface area contributed by atoms with Gasteiger partial charge in [-0.3, -0.25) is 4.98 Å². The van der Waals surface area contributed by atoms with Crippen LogP contribution in [0.15, 0.2) is 30.5 Å². The fourth-order valence-electron chi connectivity index (χ4n) is 1.92. The molecule has 0 amide bonds. The van der Waals surface area contributed by atoms with E-state index >= 15 is 0 Å². The number of rotatable bonds is 1. The van der Waals surface area contributed by atoms with Gasteiger partial charge in [-0.2, -0.15) is 0 Å². The molecule has 0 atom stereocenters. The molecule has 1 heterocycles. The zero-order valence-corrected chi connectivity index (χ0v) is 10.2. The Labute approximate surface area is 100 Å². The first-order valence-electron chi connectivity index (χ1n) is 5.52. The van der Waals surface area contributed by atoms with Crippen molar-refractivity contribution in [3.8, 4) is 0 Å². The van der Waals surface area contributed by atoms with Gasteiger partial charge in [0.1, 0.15) is 0 Å². The second kappa shape index (κ2) is 3.84. The van der Waals surface area contributed by atoms with E-state index in [2.05, 4.69) is 25.8 Å². The summed E-state index contributed by atoms with van der Waals surface area (Å²) in [4.78, 5) is 15.2. The number of nitrogens with zero attached hydrogens (tertiary/aromatic N) is 1. The summed E-state index contributed by atoms with van der Waals surface area (Å²) in [6.45, 7) is 6.32. The molecule has 0 fully saturated rings. The average molecular weight is 229 g/mol. The standard InChI is InChI=1S/C14H15NO2/c1-14(2,3)11-5-4-6-12-10(11)7-9(8-15-12)13(16)17/h4-8H,1-3H3,(H,16,17). The van der Waals surface area contributed by atoms with Crippen LogP contribution >= 0.6 is 0 Å². The van der Waals surface area contributed by atoms with E-state index in [1.807, 2.05) is 18.2 Å². The molecule has 0 radical (unpaired) electrons. The van der Waals surface area contributed by atoms with Gasteiger partial charge in [0, 0.05) is 11.6 Å². The van der Waals surface area contributed by atoms with Gasteiger partial charge < -0.3 is 5.11 Å². The predicted molar refractivity (Wildman–Crippen MR) is 67.4 cm³/mol. The Balaban J connectivity index is 2.77. The van der Waals surface area contributed by atoms with Gasteiger partial charge in [0.25, 0.3) is 0 Å². The van der Waals surface area contributed by atoms with E-state index in [0.717, 1.165) is 16.5 Å². The molecular weight excluding hydrogens is 214 g/mol. The van der Waals surface area contributed by atoms with Crippen molar-refractivity contribution in [3.05, 3.63) is 41.6 Å². The Hall–Kier alpha value is -1.90. The summed E-state index contributed by atoms with van der Waals surface area (Å²) in [5, 5.41) is 9.91. The van der Waals surface area contributed by atoms with Crippen molar-refractivity contribution in [2.24, 2.45) is 0 Å². The van der Waals surface area contributed by atoms with Gasteiger partial charge in [0.05, 0.1) is 11.1 Å². The highest BCUT2D eigenvalue weighted by Crippen LogP contribution is 2.29. The highest BCUT2D eigenvalue weighted by atomic mass is 16.4. The number of hydrogen-bond donors (Lipinski definition) is 1. The number of carboxylic acids is 1. The quantitative estimate of drug-likeness (QED) is 0.816. The van der Waals surface area contributed by atoms with Crippen LogP contribution in [0, 0.1) is 0 Å². The molecule has 2 rings (SSSR count). The summed E-state index contributed by atoms with van der Waals surface area (Å²) < 4.78 is 0. The third kappa shape index (κ3) is 2.13. The molecule has 0 spiro atoms. The van der Waals surface area contributed by atoms with Gasteiger partial charge in [0.2, 0.25) is 0 Å². The highest BCUT2D eigenvalue weighted by molar-refractivity contribution is 5.93. The summed E-state index contributed by atoms with van der Waals surface area (Å²) in [7, 11) is 0. The Bertz CT molecular complexity index is 582. The van der Waals surface area contributed by atoms with Crippen molar-refractivity contribution >= 4 is 16.9 Å². The minimum atomic E-state index is -0.942. The van der Waals surface area contributed by atoms with Gasteiger partial charge >= 0.3 is 5.97 Å². The second-order valence-electron chi connectivity index (χ2n) is 5.15. The van der Waals surface area contributed by atoms with Gasteiger partial charge in [-0.1, -0.05) is 32.9 Å². The topological polar surface area (TPSA) is 50.2 Å². The minimum Gasteiger partial charge on any atom is -0.478 e. The molecule has 0 saturated heterocycles. The van der Waals surface area contributed by atoms with E-state index in [1.54, 1.807) is 6.07 Å². The van der Waals surface area contributed by atoms with Crippen LogP contribution in [0.25, 0.3) is 10.9 Å². The highest BCUT2D eigenvalue weighted by Gasteiger charge is 2.17. The zero-order valence-electron chi connectivity index (χ0n) is 10.2. The van der Waals surface area contributed by atoms with Crippen LogP contribution in [-0.4, -0.2) is 16.1 Å². The summed E-state index contributed by atoms with van der Waals surface area (Å²) in [5.41, 5.74) is 2.15. The first-order chi connectivity index (χ1) is 7.89. The number of aromatic nitrogens is 1. The lowest BCUT2D eigenvalue weighted by Gasteiger charge is -2.21. The van der Waals surface area contributed by atoms with Gasteiger partial charge in [-0.15, -0.1) is 0 Å². The Morgan fingerprint density at radius 3 is 2.59 bits per heavy atom. The molecule has 0 aliphatic rings. The molecule has 0 aliphatic carbocycles.